The number of rotatable bonds is 6. The highest BCUT2D eigenvalue weighted by atomic mass is 32.2. The maximum absolute atomic E-state index is 11.7. The topological polar surface area (TPSA) is 126 Å². The lowest BCUT2D eigenvalue weighted by molar-refractivity contribution is -0.139. The summed E-state index contributed by atoms with van der Waals surface area (Å²) in [5.74, 6) is -2.23. The summed E-state index contributed by atoms with van der Waals surface area (Å²) in [6, 6.07) is 1.22. The van der Waals surface area contributed by atoms with E-state index in [0.29, 0.717) is 0 Å². The van der Waals surface area contributed by atoms with Gasteiger partial charge in [0.2, 0.25) is 5.09 Å². The fourth-order valence-electron chi connectivity index (χ4n) is 1.25. The van der Waals surface area contributed by atoms with E-state index in [9.17, 15) is 18.0 Å². The second kappa shape index (κ2) is 5.85. The molecule has 0 aromatic carbocycles. The fraction of sp³-hybridized carbons (Fsp3) is 0.400. The van der Waals surface area contributed by atoms with Gasteiger partial charge in [0.05, 0.1) is 0 Å². The predicted octanol–water partition coefficient (Wildman–Crippen LogP) is -0.219. The monoisotopic (exact) mass is 290 g/mol. The summed E-state index contributed by atoms with van der Waals surface area (Å²) in [6.07, 6.45) is 0.198. The van der Waals surface area contributed by atoms with Crippen molar-refractivity contribution in [3.8, 4) is 0 Å². The van der Waals surface area contributed by atoms with E-state index in [1.807, 2.05) is 4.72 Å². The third-order valence-corrected chi connectivity index (χ3v) is 3.64. The van der Waals surface area contributed by atoms with Crippen LogP contribution in [0.25, 0.3) is 0 Å². The zero-order valence-corrected chi connectivity index (χ0v) is 11.2. The Labute approximate surface area is 109 Å². The molecule has 0 radical (unpaired) electrons. The van der Waals surface area contributed by atoms with E-state index >= 15 is 0 Å². The molecule has 0 fully saturated rings. The number of carbonyl (C=O) groups is 2. The average molecular weight is 290 g/mol. The van der Waals surface area contributed by atoms with Crippen molar-refractivity contribution in [2.45, 2.75) is 24.5 Å². The van der Waals surface area contributed by atoms with Crippen LogP contribution in [0.2, 0.25) is 0 Å². The number of aliphatic carboxylic acids is 1. The summed E-state index contributed by atoms with van der Waals surface area (Å²) in [5, 5.41) is 10.6. The van der Waals surface area contributed by atoms with Crippen LogP contribution in [-0.4, -0.2) is 38.5 Å². The van der Waals surface area contributed by atoms with Gasteiger partial charge < -0.3 is 14.8 Å². The van der Waals surface area contributed by atoms with Crippen molar-refractivity contribution in [1.82, 2.24) is 10.0 Å². The molecule has 1 aromatic rings. The first-order valence-electron chi connectivity index (χ1n) is 5.39. The van der Waals surface area contributed by atoms with Crippen molar-refractivity contribution in [2.75, 3.05) is 7.05 Å². The highest BCUT2D eigenvalue weighted by Gasteiger charge is 2.23. The first-order chi connectivity index (χ1) is 8.81. The van der Waals surface area contributed by atoms with E-state index in [2.05, 4.69) is 5.32 Å². The van der Waals surface area contributed by atoms with Gasteiger partial charge in [0.15, 0.2) is 5.76 Å². The molecular formula is C10H14N2O6S. The molecular weight excluding hydrogens is 276 g/mol. The lowest BCUT2D eigenvalue weighted by atomic mass is 10.2. The van der Waals surface area contributed by atoms with E-state index < -0.39 is 33.0 Å². The Balaban J connectivity index is 2.88. The summed E-state index contributed by atoms with van der Waals surface area (Å²) >= 11 is 0. The molecule has 1 rings (SSSR count). The zero-order valence-electron chi connectivity index (χ0n) is 10.3. The lowest BCUT2D eigenvalue weighted by Crippen LogP contribution is -2.40. The summed E-state index contributed by atoms with van der Waals surface area (Å²) in [4.78, 5) is 22.4. The van der Waals surface area contributed by atoms with Gasteiger partial charge in [-0.05, 0) is 25.6 Å². The minimum absolute atomic E-state index is 0.198. The molecule has 0 aliphatic rings. The Bertz CT molecular complexity index is 577. The number of carbonyl (C=O) groups excluding carboxylic acids is 1. The van der Waals surface area contributed by atoms with Gasteiger partial charge in [-0.1, -0.05) is 6.92 Å². The number of furan rings is 1. The van der Waals surface area contributed by atoms with Crippen LogP contribution in [0.15, 0.2) is 21.6 Å². The maximum atomic E-state index is 11.7. The average Bonchev–Trinajstić information content (AvgIpc) is 2.85. The van der Waals surface area contributed by atoms with Gasteiger partial charge in [-0.25, -0.2) is 17.9 Å². The normalized spacial score (nSPS) is 12.9. The van der Waals surface area contributed by atoms with Crippen LogP contribution in [0, 0.1) is 0 Å². The van der Waals surface area contributed by atoms with Crippen molar-refractivity contribution in [3.63, 3.8) is 0 Å². The largest absolute Gasteiger partial charge is 0.480 e. The predicted molar refractivity (Wildman–Crippen MR) is 64.1 cm³/mol. The number of nitrogens with one attached hydrogen (secondary N) is 2. The smallest absolute Gasteiger partial charge is 0.326 e. The Morgan fingerprint density at radius 3 is 2.53 bits per heavy atom. The SMILES string of the molecule is CCC(NC(=O)c1ccc(S(=O)(=O)NC)o1)C(=O)O. The van der Waals surface area contributed by atoms with Gasteiger partial charge in [0, 0.05) is 0 Å². The molecule has 1 unspecified atom stereocenters. The molecule has 9 heteroatoms. The van der Waals surface area contributed by atoms with Gasteiger partial charge in [-0.15, -0.1) is 0 Å². The number of sulfonamides is 1. The Morgan fingerprint density at radius 2 is 2.05 bits per heavy atom. The minimum atomic E-state index is -3.77. The number of carboxylic acid groups (broad SMARTS) is 1. The van der Waals surface area contributed by atoms with Crippen LogP contribution >= 0.6 is 0 Å². The summed E-state index contributed by atoms with van der Waals surface area (Å²) in [7, 11) is -2.57. The molecule has 0 aliphatic carbocycles. The van der Waals surface area contributed by atoms with Crippen molar-refractivity contribution < 1.29 is 27.5 Å². The molecule has 0 spiro atoms. The van der Waals surface area contributed by atoms with Gasteiger partial charge >= 0.3 is 5.97 Å². The van der Waals surface area contributed by atoms with Gasteiger partial charge in [-0.2, -0.15) is 0 Å². The first-order valence-corrected chi connectivity index (χ1v) is 6.87. The summed E-state index contributed by atoms with van der Waals surface area (Å²) in [6.45, 7) is 1.60. The van der Waals surface area contributed by atoms with E-state index in [4.69, 9.17) is 9.52 Å². The van der Waals surface area contributed by atoms with E-state index in [0.717, 1.165) is 12.1 Å². The third kappa shape index (κ3) is 3.55. The third-order valence-electron chi connectivity index (χ3n) is 2.35. The van der Waals surface area contributed by atoms with Gasteiger partial charge in [-0.3, -0.25) is 4.79 Å². The fourth-order valence-corrected chi connectivity index (χ4v) is 1.90. The number of hydrogen-bond acceptors (Lipinski definition) is 5. The Hall–Kier alpha value is -1.87. The van der Waals surface area contributed by atoms with Crippen LogP contribution in [0.4, 0.5) is 0 Å². The van der Waals surface area contributed by atoms with E-state index in [-0.39, 0.29) is 12.2 Å². The zero-order chi connectivity index (χ0) is 14.6. The summed E-state index contributed by atoms with van der Waals surface area (Å²) in [5.41, 5.74) is 0. The minimum Gasteiger partial charge on any atom is -0.480 e. The van der Waals surface area contributed by atoms with Crippen LogP contribution < -0.4 is 10.0 Å². The molecule has 19 heavy (non-hydrogen) atoms. The van der Waals surface area contributed by atoms with E-state index in [1.54, 1.807) is 6.92 Å². The molecule has 0 bridgehead atoms. The molecule has 0 aliphatic heterocycles. The number of carboxylic acids is 1. The van der Waals surface area contributed by atoms with E-state index in [1.165, 1.54) is 7.05 Å². The standard InChI is InChI=1S/C10H14N2O6S/c1-3-6(10(14)15)12-9(13)7-4-5-8(18-7)19(16,17)11-2/h4-6,11H,3H2,1-2H3,(H,12,13)(H,14,15). The van der Waals surface area contributed by atoms with Crippen molar-refractivity contribution in [2.24, 2.45) is 0 Å². The highest BCUT2D eigenvalue weighted by Crippen LogP contribution is 2.13. The van der Waals surface area contributed by atoms with Crippen molar-refractivity contribution >= 4 is 21.9 Å². The van der Waals surface area contributed by atoms with Crippen LogP contribution in [-0.2, 0) is 14.8 Å². The highest BCUT2D eigenvalue weighted by molar-refractivity contribution is 7.89. The molecule has 1 heterocycles. The second-order valence-corrected chi connectivity index (χ2v) is 5.42. The number of hydrogen-bond donors (Lipinski definition) is 3. The molecule has 1 aromatic heterocycles. The quantitative estimate of drug-likeness (QED) is 0.665. The Morgan fingerprint density at radius 1 is 1.42 bits per heavy atom. The number of amides is 1. The van der Waals surface area contributed by atoms with Gasteiger partial charge in [0.25, 0.3) is 15.9 Å². The molecule has 1 atom stereocenters. The summed E-state index contributed by atoms with van der Waals surface area (Å²) < 4.78 is 29.7. The van der Waals surface area contributed by atoms with Crippen molar-refractivity contribution in [1.29, 1.82) is 0 Å². The van der Waals surface area contributed by atoms with Crippen LogP contribution in [0.3, 0.4) is 0 Å². The van der Waals surface area contributed by atoms with Crippen molar-refractivity contribution in [3.05, 3.63) is 17.9 Å². The lowest BCUT2D eigenvalue weighted by Gasteiger charge is -2.10. The molecule has 1 amide bonds. The molecule has 106 valence electrons. The van der Waals surface area contributed by atoms with Gasteiger partial charge in [0.1, 0.15) is 6.04 Å². The molecule has 3 N–H and O–H groups in total. The Kier molecular flexibility index (Phi) is 4.67. The van der Waals surface area contributed by atoms with Crippen LogP contribution in [0.1, 0.15) is 23.9 Å². The van der Waals surface area contributed by atoms with Crippen LogP contribution in [0.5, 0.6) is 0 Å². The molecule has 8 nitrogen and oxygen atoms in total. The molecule has 0 saturated heterocycles. The first kappa shape index (κ1) is 15.2. The maximum Gasteiger partial charge on any atom is 0.326 e. The second-order valence-electron chi connectivity index (χ2n) is 3.60. The molecule has 0 saturated carbocycles.